The van der Waals surface area contributed by atoms with E-state index < -0.39 is 0 Å². The van der Waals surface area contributed by atoms with E-state index in [2.05, 4.69) is 17.6 Å². The summed E-state index contributed by atoms with van der Waals surface area (Å²) in [6.45, 7) is 2.63. The maximum Gasteiger partial charge on any atom is 0.238 e. The zero-order valence-corrected chi connectivity index (χ0v) is 11.9. The molecule has 0 bridgehead atoms. The van der Waals surface area contributed by atoms with E-state index in [0.29, 0.717) is 12.6 Å². The number of carbonyl (C=O) groups is 1. The van der Waals surface area contributed by atoms with Gasteiger partial charge < -0.3 is 15.5 Å². The predicted octanol–water partition coefficient (Wildman–Crippen LogP) is 2.40. The monoisotopic (exact) mass is 261 g/mol. The fourth-order valence-electron chi connectivity index (χ4n) is 2.11. The summed E-state index contributed by atoms with van der Waals surface area (Å²) in [5.74, 6) is 0.844. The minimum absolute atomic E-state index is 0.0112. The zero-order valence-electron chi connectivity index (χ0n) is 11.9. The molecule has 1 aliphatic carbocycles. The van der Waals surface area contributed by atoms with Crippen molar-refractivity contribution in [3.05, 3.63) is 24.3 Å². The van der Waals surface area contributed by atoms with Gasteiger partial charge in [-0.2, -0.15) is 0 Å². The Morgan fingerprint density at radius 3 is 2.37 bits per heavy atom. The molecule has 0 aliphatic heterocycles. The van der Waals surface area contributed by atoms with Gasteiger partial charge in [-0.25, -0.2) is 0 Å². The van der Waals surface area contributed by atoms with Gasteiger partial charge in [0.25, 0.3) is 0 Å². The standard InChI is InChI=1S/C15H23N3O/c1-11(12-4-5-12)16-13-6-8-14(9-7-13)17-15(19)10-18(2)3/h6-9,11-12,16H,4-5,10H2,1-3H3,(H,17,19)/t11-/m1/s1. The number of amides is 1. The van der Waals surface area contributed by atoms with E-state index in [1.54, 1.807) is 0 Å². The quantitative estimate of drug-likeness (QED) is 0.826. The Bertz CT molecular complexity index is 424. The average molecular weight is 261 g/mol. The fourth-order valence-corrected chi connectivity index (χ4v) is 2.11. The summed E-state index contributed by atoms with van der Waals surface area (Å²) in [4.78, 5) is 13.5. The summed E-state index contributed by atoms with van der Waals surface area (Å²) in [5, 5.41) is 6.38. The molecule has 0 radical (unpaired) electrons. The lowest BCUT2D eigenvalue weighted by Crippen LogP contribution is -2.27. The molecule has 0 aromatic heterocycles. The highest BCUT2D eigenvalue weighted by Crippen LogP contribution is 2.34. The molecule has 2 N–H and O–H groups in total. The number of hydrogen-bond acceptors (Lipinski definition) is 3. The minimum atomic E-state index is 0.0112. The smallest absolute Gasteiger partial charge is 0.238 e. The molecule has 0 unspecified atom stereocenters. The molecule has 104 valence electrons. The second kappa shape index (κ2) is 6.06. The van der Waals surface area contributed by atoms with E-state index in [0.717, 1.165) is 17.3 Å². The molecule has 4 heteroatoms. The number of rotatable bonds is 6. The molecule has 1 atom stereocenters. The van der Waals surface area contributed by atoms with Crippen molar-refractivity contribution in [1.29, 1.82) is 0 Å². The van der Waals surface area contributed by atoms with Crippen LogP contribution >= 0.6 is 0 Å². The Labute approximate surface area is 115 Å². The number of likely N-dealkylation sites (N-methyl/N-ethyl adjacent to an activating group) is 1. The Hall–Kier alpha value is -1.55. The van der Waals surface area contributed by atoms with Gasteiger partial charge in [0.15, 0.2) is 0 Å². The van der Waals surface area contributed by atoms with E-state index >= 15 is 0 Å². The Morgan fingerprint density at radius 2 is 1.84 bits per heavy atom. The highest BCUT2D eigenvalue weighted by atomic mass is 16.2. The Kier molecular flexibility index (Phi) is 4.43. The van der Waals surface area contributed by atoms with E-state index in [1.807, 2.05) is 43.3 Å². The Balaban J connectivity index is 1.85. The van der Waals surface area contributed by atoms with Crippen LogP contribution in [0, 0.1) is 5.92 Å². The molecular weight excluding hydrogens is 238 g/mol. The number of carbonyl (C=O) groups excluding carboxylic acids is 1. The van der Waals surface area contributed by atoms with Crippen molar-refractivity contribution < 1.29 is 4.79 Å². The van der Waals surface area contributed by atoms with Crippen LogP contribution in [-0.4, -0.2) is 37.5 Å². The number of hydrogen-bond donors (Lipinski definition) is 2. The fraction of sp³-hybridized carbons (Fsp3) is 0.533. The van der Waals surface area contributed by atoms with Crippen molar-refractivity contribution in [1.82, 2.24) is 4.90 Å². The third-order valence-corrected chi connectivity index (χ3v) is 3.35. The number of nitrogens with zero attached hydrogens (tertiary/aromatic N) is 1. The molecule has 1 amide bonds. The highest BCUT2D eigenvalue weighted by Gasteiger charge is 2.27. The second-order valence-electron chi connectivity index (χ2n) is 5.63. The van der Waals surface area contributed by atoms with E-state index in [-0.39, 0.29) is 5.91 Å². The van der Waals surface area contributed by atoms with Gasteiger partial charge in [-0.1, -0.05) is 0 Å². The molecule has 2 rings (SSSR count). The SMILES string of the molecule is C[C@@H](Nc1ccc(NC(=O)CN(C)C)cc1)C1CC1. The van der Waals surface area contributed by atoms with Gasteiger partial charge in [-0.3, -0.25) is 4.79 Å². The van der Waals surface area contributed by atoms with Crippen LogP contribution < -0.4 is 10.6 Å². The molecule has 0 saturated heterocycles. The normalized spacial score (nSPS) is 16.2. The highest BCUT2D eigenvalue weighted by molar-refractivity contribution is 5.92. The van der Waals surface area contributed by atoms with Crippen LogP contribution in [0.5, 0.6) is 0 Å². The third kappa shape index (κ3) is 4.56. The first kappa shape index (κ1) is 13.9. The van der Waals surface area contributed by atoms with Gasteiger partial charge in [-0.05, 0) is 64.0 Å². The predicted molar refractivity (Wildman–Crippen MR) is 79.4 cm³/mol. The van der Waals surface area contributed by atoms with Crippen molar-refractivity contribution in [3.63, 3.8) is 0 Å². The maximum absolute atomic E-state index is 11.6. The summed E-state index contributed by atoms with van der Waals surface area (Å²) in [7, 11) is 3.76. The van der Waals surface area contributed by atoms with Crippen LogP contribution in [-0.2, 0) is 4.79 Å². The number of anilines is 2. The van der Waals surface area contributed by atoms with Gasteiger partial charge in [0.1, 0.15) is 0 Å². The maximum atomic E-state index is 11.6. The lowest BCUT2D eigenvalue weighted by Gasteiger charge is -2.15. The van der Waals surface area contributed by atoms with E-state index in [9.17, 15) is 4.79 Å². The van der Waals surface area contributed by atoms with Crippen molar-refractivity contribution in [2.75, 3.05) is 31.3 Å². The summed E-state index contributed by atoms with van der Waals surface area (Å²) in [5.41, 5.74) is 1.96. The first-order valence-electron chi connectivity index (χ1n) is 6.86. The molecule has 1 saturated carbocycles. The van der Waals surface area contributed by atoms with E-state index in [1.165, 1.54) is 12.8 Å². The van der Waals surface area contributed by atoms with Gasteiger partial charge in [-0.15, -0.1) is 0 Å². The van der Waals surface area contributed by atoms with Crippen molar-refractivity contribution in [3.8, 4) is 0 Å². The zero-order chi connectivity index (χ0) is 13.8. The molecule has 1 fully saturated rings. The molecule has 1 aliphatic rings. The molecule has 0 spiro atoms. The largest absolute Gasteiger partial charge is 0.382 e. The topological polar surface area (TPSA) is 44.4 Å². The first-order valence-corrected chi connectivity index (χ1v) is 6.86. The molecule has 0 heterocycles. The molecule has 1 aromatic rings. The van der Waals surface area contributed by atoms with Gasteiger partial charge in [0.2, 0.25) is 5.91 Å². The molecule has 4 nitrogen and oxygen atoms in total. The lowest BCUT2D eigenvalue weighted by molar-refractivity contribution is -0.116. The summed E-state index contributed by atoms with van der Waals surface area (Å²) in [6, 6.07) is 8.45. The van der Waals surface area contributed by atoms with Gasteiger partial charge in [0.05, 0.1) is 6.54 Å². The van der Waals surface area contributed by atoms with Crippen LogP contribution in [0.15, 0.2) is 24.3 Å². The number of benzene rings is 1. The van der Waals surface area contributed by atoms with Gasteiger partial charge >= 0.3 is 0 Å². The molecule has 1 aromatic carbocycles. The van der Waals surface area contributed by atoms with E-state index in [4.69, 9.17) is 0 Å². The third-order valence-electron chi connectivity index (χ3n) is 3.35. The number of nitrogens with one attached hydrogen (secondary N) is 2. The minimum Gasteiger partial charge on any atom is -0.382 e. The first-order chi connectivity index (χ1) is 9.04. The van der Waals surface area contributed by atoms with Crippen LogP contribution in [0.1, 0.15) is 19.8 Å². The molecule has 19 heavy (non-hydrogen) atoms. The second-order valence-corrected chi connectivity index (χ2v) is 5.63. The summed E-state index contributed by atoms with van der Waals surface area (Å²) < 4.78 is 0. The van der Waals surface area contributed by atoms with Crippen molar-refractivity contribution in [2.24, 2.45) is 5.92 Å². The van der Waals surface area contributed by atoms with Crippen molar-refractivity contribution >= 4 is 17.3 Å². The lowest BCUT2D eigenvalue weighted by atomic mass is 10.2. The van der Waals surface area contributed by atoms with Gasteiger partial charge in [0, 0.05) is 17.4 Å². The van der Waals surface area contributed by atoms with Crippen LogP contribution in [0.2, 0.25) is 0 Å². The van der Waals surface area contributed by atoms with Crippen molar-refractivity contribution in [2.45, 2.75) is 25.8 Å². The average Bonchev–Trinajstić information content (AvgIpc) is 3.14. The molecular formula is C15H23N3O. The van der Waals surface area contributed by atoms with Crippen LogP contribution in [0.25, 0.3) is 0 Å². The van der Waals surface area contributed by atoms with Crippen LogP contribution in [0.3, 0.4) is 0 Å². The summed E-state index contributed by atoms with van der Waals surface area (Å²) >= 11 is 0. The van der Waals surface area contributed by atoms with Crippen LogP contribution in [0.4, 0.5) is 11.4 Å². The Morgan fingerprint density at radius 1 is 1.26 bits per heavy atom. The summed E-state index contributed by atoms with van der Waals surface area (Å²) in [6.07, 6.45) is 2.68.